The molecule has 0 aromatic heterocycles. The summed E-state index contributed by atoms with van der Waals surface area (Å²) in [6.07, 6.45) is 5.25. The fourth-order valence-corrected chi connectivity index (χ4v) is 2.78. The Morgan fingerprint density at radius 1 is 1.24 bits per heavy atom. The standard InChI is InChI=1S/C14H19ClO2/c1-17-14-9-10(7-8-12(14)15)11-5-3-2-4-6-13(11)16/h7-9,11,13,16H,2-6H2,1H3. The van der Waals surface area contributed by atoms with Crippen LogP contribution in [0.25, 0.3) is 0 Å². The van der Waals surface area contributed by atoms with Gasteiger partial charge in [0.1, 0.15) is 5.75 Å². The smallest absolute Gasteiger partial charge is 0.137 e. The van der Waals surface area contributed by atoms with E-state index in [0.29, 0.717) is 10.8 Å². The molecule has 0 spiro atoms. The molecule has 0 amide bonds. The van der Waals surface area contributed by atoms with Crippen molar-refractivity contribution in [3.8, 4) is 5.75 Å². The Bertz CT molecular complexity index is 378. The van der Waals surface area contributed by atoms with Crippen molar-refractivity contribution in [2.45, 2.75) is 44.1 Å². The van der Waals surface area contributed by atoms with E-state index in [1.54, 1.807) is 7.11 Å². The average Bonchev–Trinajstić information content (AvgIpc) is 2.55. The van der Waals surface area contributed by atoms with Gasteiger partial charge in [-0.3, -0.25) is 0 Å². The first-order chi connectivity index (χ1) is 8.22. The summed E-state index contributed by atoms with van der Waals surface area (Å²) in [5, 5.41) is 10.8. The highest BCUT2D eigenvalue weighted by Gasteiger charge is 2.23. The van der Waals surface area contributed by atoms with Crippen LogP contribution in [-0.4, -0.2) is 18.3 Å². The van der Waals surface area contributed by atoms with Gasteiger partial charge in [0.15, 0.2) is 0 Å². The molecule has 0 bridgehead atoms. The normalized spacial score (nSPS) is 25.4. The van der Waals surface area contributed by atoms with Crippen LogP contribution < -0.4 is 4.74 Å². The van der Waals surface area contributed by atoms with Crippen LogP contribution >= 0.6 is 11.6 Å². The van der Waals surface area contributed by atoms with Crippen LogP contribution in [0.3, 0.4) is 0 Å². The summed E-state index contributed by atoms with van der Waals surface area (Å²) in [5.41, 5.74) is 1.14. The third-order valence-corrected chi connectivity index (χ3v) is 3.90. The summed E-state index contributed by atoms with van der Waals surface area (Å²) >= 11 is 6.02. The number of ether oxygens (including phenoxy) is 1. The minimum Gasteiger partial charge on any atom is -0.495 e. The van der Waals surface area contributed by atoms with Gasteiger partial charge in [-0.2, -0.15) is 0 Å². The van der Waals surface area contributed by atoms with Gasteiger partial charge in [0.05, 0.1) is 18.2 Å². The van der Waals surface area contributed by atoms with Crippen molar-refractivity contribution in [2.75, 3.05) is 7.11 Å². The highest BCUT2D eigenvalue weighted by Crippen LogP contribution is 2.35. The number of rotatable bonds is 2. The third kappa shape index (κ3) is 2.93. The Balaban J connectivity index is 2.25. The molecule has 1 N–H and O–H groups in total. The quantitative estimate of drug-likeness (QED) is 0.815. The Hall–Kier alpha value is -0.730. The molecule has 0 aliphatic heterocycles. The predicted octanol–water partition coefficient (Wildman–Crippen LogP) is 3.76. The van der Waals surface area contributed by atoms with Gasteiger partial charge >= 0.3 is 0 Å². The average molecular weight is 255 g/mol. The van der Waals surface area contributed by atoms with Crippen LogP contribution in [0.15, 0.2) is 18.2 Å². The van der Waals surface area contributed by atoms with Crippen molar-refractivity contribution in [1.29, 1.82) is 0 Å². The van der Waals surface area contributed by atoms with E-state index >= 15 is 0 Å². The van der Waals surface area contributed by atoms with Crippen molar-refractivity contribution >= 4 is 11.6 Å². The summed E-state index contributed by atoms with van der Waals surface area (Å²) in [6.45, 7) is 0. The van der Waals surface area contributed by atoms with Crippen molar-refractivity contribution in [3.63, 3.8) is 0 Å². The maximum atomic E-state index is 10.2. The van der Waals surface area contributed by atoms with Crippen LogP contribution in [0, 0.1) is 0 Å². The highest BCUT2D eigenvalue weighted by atomic mass is 35.5. The van der Waals surface area contributed by atoms with Crippen LogP contribution in [-0.2, 0) is 0 Å². The van der Waals surface area contributed by atoms with Gasteiger partial charge in [-0.1, -0.05) is 36.9 Å². The highest BCUT2D eigenvalue weighted by molar-refractivity contribution is 6.32. The molecule has 1 aliphatic carbocycles. The molecule has 1 aromatic rings. The lowest BCUT2D eigenvalue weighted by Gasteiger charge is -2.21. The van der Waals surface area contributed by atoms with Crippen molar-refractivity contribution in [3.05, 3.63) is 28.8 Å². The van der Waals surface area contributed by atoms with Crippen molar-refractivity contribution < 1.29 is 9.84 Å². The number of hydrogen-bond donors (Lipinski definition) is 1. The summed E-state index contributed by atoms with van der Waals surface area (Å²) in [4.78, 5) is 0. The van der Waals surface area contributed by atoms with Crippen LogP contribution in [0.5, 0.6) is 5.75 Å². The second-order valence-electron chi connectivity index (χ2n) is 4.71. The molecule has 1 fully saturated rings. The van der Waals surface area contributed by atoms with E-state index in [1.165, 1.54) is 12.8 Å². The minimum absolute atomic E-state index is 0.226. The van der Waals surface area contributed by atoms with Crippen LogP contribution in [0.2, 0.25) is 5.02 Å². The Kier molecular flexibility index (Phi) is 4.30. The van der Waals surface area contributed by atoms with Gasteiger partial charge in [0, 0.05) is 5.92 Å². The minimum atomic E-state index is -0.233. The van der Waals surface area contributed by atoms with Gasteiger partial charge in [-0.15, -0.1) is 0 Å². The lowest BCUT2D eigenvalue weighted by atomic mass is 9.89. The molecule has 17 heavy (non-hydrogen) atoms. The van der Waals surface area contributed by atoms with E-state index < -0.39 is 0 Å². The van der Waals surface area contributed by atoms with Gasteiger partial charge < -0.3 is 9.84 Å². The largest absolute Gasteiger partial charge is 0.495 e. The van der Waals surface area contributed by atoms with Crippen LogP contribution in [0.1, 0.15) is 43.6 Å². The Morgan fingerprint density at radius 3 is 2.76 bits per heavy atom. The van der Waals surface area contributed by atoms with E-state index in [2.05, 4.69) is 0 Å². The molecule has 2 unspecified atom stereocenters. The molecule has 2 nitrogen and oxygen atoms in total. The fourth-order valence-electron chi connectivity index (χ4n) is 2.58. The van der Waals surface area contributed by atoms with Gasteiger partial charge in [0.25, 0.3) is 0 Å². The van der Waals surface area contributed by atoms with Crippen molar-refractivity contribution in [2.24, 2.45) is 0 Å². The lowest BCUT2D eigenvalue weighted by molar-refractivity contribution is 0.135. The fraction of sp³-hybridized carbons (Fsp3) is 0.571. The van der Waals surface area contributed by atoms with Gasteiger partial charge in [-0.05, 0) is 30.5 Å². The molecule has 1 aliphatic rings. The Labute approximate surface area is 108 Å². The molecule has 3 heteroatoms. The zero-order valence-electron chi connectivity index (χ0n) is 10.2. The van der Waals surface area contributed by atoms with Gasteiger partial charge in [-0.25, -0.2) is 0 Å². The molecule has 0 heterocycles. The van der Waals surface area contributed by atoms with Gasteiger partial charge in [0.2, 0.25) is 0 Å². The summed E-state index contributed by atoms with van der Waals surface area (Å²) in [5.74, 6) is 0.921. The molecule has 0 radical (unpaired) electrons. The summed E-state index contributed by atoms with van der Waals surface area (Å²) in [6, 6.07) is 5.82. The first kappa shape index (κ1) is 12.7. The molecule has 1 aromatic carbocycles. The number of halogens is 1. The lowest BCUT2D eigenvalue weighted by Crippen LogP contribution is -2.16. The SMILES string of the molecule is COc1cc(C2CCCCCC2O)ccc1Cl. The van der Waals surface area contributed by atoms with E-state index in [1.807, 2.05) is 18.2 Å². The van der Waals surface area contributed by atoms with E-state index in [0.717, 1.165) is 24.8 Å². The van der Waals surface area contributed by atoms with E-state index in [4.69, 9.17) is 16.3 Å². The zero-order valence-corrected chi connectivity index (χ0v) is 10.9. The number of hydrogen-bond acceptors (Lipinski definition) is 2. The maximum absolute atomic E-state index is 10.2. The number of methoxy groups -OCH3 is 1. The molecular weight excluding hydrogens is 236 g/mol. The molecule has 1 saturated carbocycles. The zero-order chi connectivity index (χ0) is 12.3. The number of aliphatic hydroxyl groups is 1. The summed E-state index contributed by atoms with van der Waals surface area (Å²) < 4.78 is 5.23. The molecule has 2 rings (SSSR count). The van der Waals surface area contributed by atoms with E-state index in [9.17, 15) is 5.11 Å². The Morgan fingerprint density at radius 2 is 2.00 bits per heavy atom. The molecule has 2 atom stereocenters. The molecular formula is C14H19ClO2. The maximum Gasteiger partial charge on any atom is 0.137 e. The topological polar surface area (TPSA) is 29.5 Å². The second-order valence-corrected chi connectivity index (χ2v) is 5.11. The third-order valence-electron chi connectivity index (χ3n) is 3.58. The number of benzene rings is 1. The number of aliphatic hydroxyl groups excluding tert-OH is 1. The second kappa shape index (κ2) is 5.74. The first-order valence-corrected chi connectivity index (χ1v) is 6.61. The first-order valence-electron chi connectivity index (χ1n) is 6.24. The molecule has 94 valence electrons. The van der Waals surface area contributed by atoms with Crippen LogP contribution in [0.4, 0.5) is 0 Å². The summed E-state index contributed by atoms with van der Waals surface area (Å²) in [7, 11) is 1.62. The van der Waals surface area contributed by atoms with Crippen molar-refractivity contribution in [1.82, 2.24) is 0 Å². The monoisotopic (exact) mass is 254 g/mol. The van der Waals surface area contributed by atoms with E-state index in [-0.39, 0.29) is 12.0 Å². The predicted molar refractivity (Wildman–Crippen MR) is 69.8 cm³/mol. The molecule has 0 saturated heterocycles.